The highest BCUT2D eigenvalue weighted by Crippen LogP contribution is 2.23. The number of benzene rings is 2. The molecule has 0 amide bonds. The van der Waals surface area contributed by atoms with E-state index in [-0.39, 0.29) is 24.2 Å². The van der Waals surface area contributed by atoms with Gasteiger partial charge in [0.2, 0.25) is 5.96 Å². The Morgan fingerprint density at radius 2 is 2.00 bits per heavy atom. The van der Waals surface area contributed by atoms with Crippen LogP contribution in [0.2, 0.25) is 5.02 Å². The summed E-state index contributed by atoms with van der Waals surface area (Å²) >= 11 is 6.03. The van der Waals surface area contributed by atoms with E-state index in [1.165, 1.54) is 6.07 Å². The van der Waals surface area contributed by atoms with E-state index in [1.807, 2.05) is 43.0 Å². The van der Waals surface area contributed by atoms with Gasteiger partial charge in [0.15, 0.2) is 17.9 Å². The van der Waals surface area contributed by atoms with E-state index in [2.05, 4.69) is 15.3 Å². The van der Waals surface area contributed by atoms with Gasteiger partial charge in [0.1, 0.15) is 13.3 Å². The van der Waals surface area contributed by atoms with Gasteiger partial charge in [0, 0.05) is 29.9 Å². The van der Waals surface area contributed by atoms with Crippen molar-refractivity contribution in [3.8, 4) is 5.75 Å². The molecule has 0 aromatic heterocycles. The summed E-state index contributed by atoms with van der Waals surface area (Å²) in [6.07, 6.45) is 2.77. The Labute approximate surface area is 216 Å². The van der Waals surface area contributed by atoms with E-state index in [1.54, 1.807) is 12.1 Å². The summed E-state index contributed by atoms with van der Waals surface area (Å²) in [5, 5.41) is 3.86. The number of hydrogen-bond donors (Lipinski definition) is 1. The van der Waals surface area contributed by atoms with Gasteiger partial charge in [-0.15, -0.1) is 0 Å². The lowest BCUT2D eigenvalue weighted by Gasteiger charge is -2.28. The summed E-state index contributed by atoms with van der Waals surface area (Å²) in [6, 6.07) is 12.5. The first-order valence-corrected chi connectivity index (χ1v) is 12.6. The number of nitrogens with zero attached hydrogens (tertiary/aromatic N) is 3. The molecule has 0 spiro atoms. The van der Waals surface area contributed by atoms with Crippen LogP contribution in [0.25, 0.3) is 0 Å². The first-order valence-electron chi connectivity index (χ1n) is 12.2. The summed E-state index contributed by atoms with van der Waals surface area (Å²) in [5.41, 5.74) is 1.56. The van der Waals surface area contributed by atoms with Crippen molar-refractivity contribution in [3.63, 3.8) is 0 Å². The highest BCUT2D eigenvalue weighted by molar-refractivity contribution is 6.30. The molecule has 2 aliphatic rings. The molecule has 8 nitrogen and oxygen atoms in total. The number of anilines is 1. The second-order valence-electron chi connectivity index (χ2n) is 8.79. The number of aliphatic imine (C=N–C) groups is 2. The Morgan fingerprint density at radius 3 is 2.72 bits per heavy atom. The van der Waals surface area contributed by atoms with Crippen molar-refractivity contribution in [2.24, 2.45) is 9.98 Å². The molecule has 2 aliphatic heterocycles. The molecular formula is C26H32ClFN4O4. The Kier molecular flexibility index (Phi) is 9.38. The van der Waals surface area contributed by atoms with Crippen molar-refractivity contribution in [1.82, 2.24) is 4.90 Å². The molecule has 0 radical (unpaired) electrons. The van der Waals surface area contributed by atoms with Gasteiger partial charge in [-0.2, -0.15) is 4.99 Å². The van der Waals surface area contributed by atoms with E-state index in [4.69, 9.17) is 30.5 Å². The van der Waals surface area contributed by atoms with Crippen LogP contribution in [0.5, 0.6) is 5.75 Å². The molecule has 2 heterocycles. The van der Waals surface area contributed by atoms with E-state index >= 15 is 0 Å². The van der Waals surface area contributed by atoms with Crippen molar-refractivity contribution in [2.75, 3.05) is 31.8 Å². The van der Waals surface area contributed by atoms with Gasteiger partial charge in [0.05, 0.1) is 12.7 Å². The normalized spacial score (nSPS) is 18.0. The standard InChI is InChI=1S/C26H32ClFN4O4/c1-18(2)36-23-11-10-21(15-22(23)28)30-25-31-26(35-14-13-34-24-5-3-4-12-33-24)29-17-32(25)16-19-6-8-20(27)9-7-19/h6-11,15,18,24H,3-5,12-14,16-17H2,1-2H3,(H,29,30,31). The van der Waals surface area contributed by atoms with Gasteiger partial charge in [-0.25, -0.2) is 9.38 Å². The minimum absolute atomic E-state index is 0.125. The van der Waals surface area contributed by atoms with Gasteiger partial charge in [-0.1, -0.05) is 23.7 Å². The topological polar surface area (TPSA) is 76.9 Å². The molecule has 10 heteroatoms. The third-order valence-corrected chi connectivity index (χ3v) is 5.72. The zero-order valence-electron chi connectivity index (χ0n) is 20.6. The van der Waals surface area contributed by atoms with Gasteiger partial charge >= 0.3 is 6.02 Å². The number of halogens is 2. The average Bonchev–Trinajstić information content (AvgIpc) is 2.87. The second kappa shape index (κ2) is 12.9. The number of nitrogens with one attached hydrogen (secondary N) is 1. The molecule has 36 heavy (non-hydrogen) atoms. The van der Waals surface area contributed by atoms with E-state index in [0.29, 0.717) is 43.1 Å². The number of hydrogen-bond acceptors (Lipinski definition) is 8. The van der Waals surface area contributed by atoms with Gasteiger partial charge in [0.25, 0.3) is 0 Å². The lowest BCUT2D eigenvalue weighted by Crippen LogP contribution is -2.40. The number of guanidine groups is 1. The van der Waals surface area contributed by atoms with E-state index in [9.17, 15) is 4.39 Å². The molecule has 0 aliphatic carbocycles. The van der Waals surface area contributed by atoms with Crippen LogP contribution >= 0.6 is 11.6 Å². The zero-order chi connectivity index (χ0) is 25.3. The minimum Gasteiger partial charge on any atom is -0.488 e. The van der Waals surface area contributed by atoms with E-state index in [0.717, 1.165) is 31.4 Å². The predicted molar refractivity (Wildman–Crippen MR) is 138 cm³/mol. The molecule has 2 aromatic rings. The summed E-state index contributed by atoms with van der Waals surface area (Å²) in [6.45, 7) is 5.94. The fraction of sp³-hybridized carbons (Fsp3) is 0.462. The number of rotatable bonds is 9. The smallest absolute Gasteiger partial charge is 0.316 e. The van der Waals surface area contributed by atoms with E-state index < -0.39 is 5.82 Å². The molecule has 1 unspecified atom stereocenters. The monoisotopic (exact) mass is 518 g/mol. The lowest BCUT2D eigenvalue weighted by atomic mass is 10.2. The summed E-state index contributed by atoms with van der Waals surface area (Å²) in [5.74, 6) is 0.233. The van der Waals surface area contributed by atoms with Crippen molar-refractivity contribution >= 4 is 29.3 Å². The summed E-state index contributed by atoms with van der Waals surface area (Å²) in [4.78, 5) is 10.9. The van der Waals surface area contributed by atoms with Crippen molar-refractivity contribution in [3.05, 3.63) is 58.9 Å². The third kappa shape index (κ3) is 7.81. The SMILES string of the molecule is CC(C)Oc1ccc(NC2=NC(OCCOC3CCCCO3)=NCN2Cc2ccc(Cl)cc2)cc1F. The predicted octanol–water partition coefficient (Wildman–Crippen LogP) is 5.42. The average molecular weight is 519 g/mol. The van der Waals surface area contributed by atoms with Gasteiger partial charge < -0.3 is 29.2 Å². The van der Waals surface area contributed by atoms with Crippen LogP contribution in [0, 0.1) is 5.82 Å². The fourth-order valence-electron chi connectivity index (χ4n) is 3.74. The zero-order valence-corrected chi connectivity index (χ0v) is 21.3. The molecule has 1 fully saturated rings. The van der Waals surface area contributed by atoms with Crippen molar-refractivity contribution in [1.29, 1.82) is 0 Å². The maximum Gasteiger partial charge on any atom is 0.316 e. The molecule has 0 saturated carbocycles. The third-order valence-electron chi connectivity index (χ3n) is 5.47. The highest BCUT2D eigenvalue weighted by atomic mass is 35.5. The Morgan fingerprint density at radius 1 is 1.17 bits per heavy atom. The molecule has 194 valence electrons. The number of ether oxygens (including phenoxy) is 4. The van der Waals surface area contributed by atoms with Gasteiger partial charge in [-0.05, 0) is 62.9 Å². The minimum atomic E-state index is -0.457. The van der Waals surface area contributed by atoms with Crippen molar-refractivity contribution in [2.45, 2.75) is 52.0 Å². The fourth-order valence-corrected chi connectivity index (χ4v) is 3.87. The summed E-state index contributed by atoms with van der Waals surface area (Å²) < 4.78 is 37.1. The molecule has 1 atom stereocenters. The lowest BCUT2D eigenvalue weighted by molar-refractivity contribution is -0.165. The molecular weight excluding hydrogens is 487 g/mol. The Bertz CT molecular complexity index is 1060. The van der Waals surface area contributed by atoms with Gasteiger partial charge in [-0.3, -0.25) is 0 Å². The molecule has 1 N–H and O–H groups in total. The van der Waals surface area contributed by atoms with Crippen LogP contribution in [0.3, 0.4) is 0 Å². The van der Waals surface area contributed by atoms with Crippen LogP contribution in [0.15, 0.2) is 52.4 Å². The number of amidine groups is 1. The molecule has 2 aromatic carbocycles. The molecule has 4 rings (SSSR count). The van der Waals surface area contributed by atoms with Crippen LogP contribution in [0.4, 0.5) is 10.1 Å². The Hall–Kier alpha value is -2.88. The maximum absolute atomic E-state index is 14.6. The van der Waals surface area contributed by atoms with Crippen LogP contribution < -0.4 is 10.1 Å². The maximum atomic E-state index is 14.6. The second-order valence-corrected chi connectivity index (χ2v) is 9.23. The van der Waals surface area contributed by atoms with Crippen LogP contribution in [-0.4, -0.2) is 55.8 Å². The molecule has 1 saturated heterocycles. The first kappa shape index (κ1) is 26.2. The first-order chi connectivity index (χ1) is 17.5. The highest BCUT2D eigenvalue weighted by Gasteiger charge is 2.20. The largest absolute Gasteiger partial charge is 0.488 e. The quantitative estimate of drug-likeness (QED) is 0.446. The van der Waals surface area contributed by atoms with Crippen molar-refractivity contribution < 1.29 is 23.3 Å². The van der Waals surface area contributed by atoms with Crippen LogP contribution in [0.1, 0.15) is 38.7 Å². The summed E-state index contributed by atoms with van der Waals surface area (Å²) in [7, 11) is 0. The molecule has 0 bridgehead atoms. The van der Waals surface area contributed by atoms with Crippen LogP contribution in [-0.2, 0) is 20.8 Å². The Balaban J connectivity index is 1.42.